The number of hydrogen-bond acceptors (Lipinski definition) is 4. The van der Waals surface area contributed by atoms with Crippen LogP contribution in [0.2, 0.25) is 0 Å². The molecule has 1 rings (SSSR count). The van der Waals surface area contributed by atoms with Crippen molar-refractivity contribution >= 4 is 0 Å². The molecule has 0 radical (unpaired) electrons. The predicted octanol–water partition coefficient (Wildman–Crippen LogP) is 1.81. The van der Waals surface area contributed by atoms with E-state index in [0.29, 0.717) is 6.54 Å². The highest BCUT2D eigenvalue weighted by molar-refractivity contribution is 5.40. The minimum Gasteiger partial charge on any atom is -0.496 e. The van der Waals surface area contributed by atoms with Crippen molar-refractivity contribution in [3.63, 3.8) is 0 Å². The van der Waals surface area contributed by atoms with E-state index in [4.69, 9.17) is 9.84 Å². The number of rotatable bonds is 6. The molecule has 2 atom stereocenters. The fourth-order valence-corrected chi connectivity index (χ4v) is 1.87. The number of methoxy groups -OCH3 is 1. The normalized spacial score (nSPS) is 14.3. The van der Waals surface area contributed by atoms with Gasteiger partial charge in [-0.25, -0.2) is 0 Å². The van der Waals surface area contributed by atoms with Crippen molar-refractivity contribution in [3.8, 4) is 5.75 Å². The van der Waals surface area contributed by atoms with Crippen molar-refractivity contribution in [1.82, 2.24) is 10.3 Å². The molecule has 0 bridgehead atoms. The van der Waals surface area contributed by atoms with Gasteiger partial charge in [0.25, 0.3) is 0 Å². The summed E-state index contributed by atoms with van der Waals surface area (Å²) < 4.78 is 5.38. The van der Waals surface area contributed by atoms with Crippen LogP contribution in [-0.2, 0) is 6.54 Å². The molecule has 2 unspecified atom stereocenters. The molecule has 18 heavy (non-hydrogen) atoms. The minimum absolute atomic E-state index is 0.192. The van der Waals surface area contributed by atoms with Crippen molar-refractivity contribution < 1.29 is 9.84 Å². The summed E-state index contributed by atoms with van der Waals surface area (Å²) in [5.74, 6) is 1.14. The molecule has 0 aromatic carbocycles. The molecule has 1 heterocycles. The van der Waals surface area contributed by atoms with Gasteiger partial charge in [-0.3, -0.25) is 4.98 Å². The van der Waals surface area contributed by atoms with Crippen molar-refractivity contribution in [2.75, 3.05) is 13.7 Å². The summed E-state index contributed by atoms with van der Waals surface area (Å²) in [7, 11) is 1.68. The molecule has 0 aliphatic carbocycles. The van der Waals surface area contributed by atoms with Crippen LogP contribution in [0, 0.1) is 19.8 Å². The summed E-state index contributed by atoms with van der Waals surface area (Å²) >= 11 is 0. The number of nitrogens with zero attached hydrogens (tertiary/aromatic N) is 1. The Hall–Kier alpha value is -1.13. The van der Waals surface area contributed by atoms with Gasteiger partial charge in [0.1, 0.15) is 5.75 Å². The van der Waals surface area contributed by atoms with Gasteiger partial charge in [-0.15, -0.1) is 0 Å². The second-order valence-electron chi connectivity index (χ2n) is 4.88. The maximum atomic E-state index is 9.10. The maximum absolute atomic E-state index is 9.10. The molecule has 0 amide bonds. The average molecular weight is 252 g/mol. The van der Waals surface area contributed by atoms with Crippen LogP contribution in [0.1, 0.15) is 30.7 Å². The molecule has 4 nitrogen and oxygen atoms in total. The number of aromatic nitrogens is 1. The van der Waals surface area contributed by atoms with Crippen LogP contribution in [-0.4, -0.2) is 29.8 Å². The van der Waals surface area contributed by atoms with Gasteiger partial charge < -0.3 is 15.2 Å². The van der Waals surface area contributed by atoms with E-state index >= 15 is 0 Å². The van der Waals surface area contributed by atoms with Gasteiger partial charge in [0.15, 0.2) is 0 Å². The van der Waals surface area contributed by atoms with Crippen LogP contribution in [0.5, 0.6) is 5.75 Å². The molecule has 0 aliphatic heterocycles. The van der Waals surface area contributed by atoms with E-state index in [0.717, 1.165) is 22.6 Å². The lowest BCUT2D eigenvalue weighted by Crippen LogP contribution is -2.33. The van der Waals surface area contributed by atoms with Gasteiger partial charge in [0, 0.05) is 36.5 Å². The third-order valence-corrected chi connectivity index (χ3v) is 3.48. The Morgan fingerprint density at radius 3 is 2.61 bits per heavy atom. The molecule has 1 aromatic heterocycles. The topological polar surface area (TPSA) is 54.4 Å². The van der Waals surface area contributed by atoms with Crippen molar-refractivity contribution in [2.24, 2.45) is 5.92 Å². The summed E-state index contributed by atoms with van der Waals surface area (Å²) in [5, 5.41) is 12.5. The summed E-state index contributed by atoms with van der Waals surface area (Å²) in [5.41, 5.74) is 3.12. The molecule has 4 heteroatoms. The highest BCUT2D eigenvalue weighted by atomic mass is 16.5. The summed E-state index contributed by atoms with van der Waals surface area (Å²) in [4.78, 5) is 4.44. The van der Waals surface area contributed by atoms with Crippen LogP contribution in [0.3, 0.4) is 0 Å². The third kappa shape index (κ3) is 3.43. The van der Waals surface area contributed by atoms with Crippen LogP contribution in [0.25, 0.3) is 0 Å². The van der Waals surface area contributed by atoms with E-state index in [1.54, 1.807) is 7.11 Å². The van der Waals surface area contributed by atoms with Crippen LogP contribution in [0.4, 0.5) is 0 Å². The first-order chi connectivity index (χ1) is 8.51. The molecule has 0 saturated heterocycles. The molecule has 1 aromatic rings. The molecule has 0 aliphatic rings. The van der Waals surface area contributed by atoms with E-state index in [9.17, 15) is 0 Å². The molecular formula is C14H24N2O2. The molecule has 2 N–H and O–H groups in total. The van der Waals surface area contributed by atoms with Gasteiger partial charge in [-0.05, 0) is 26.7 Å². The lowest BCUT2D eigenvalue weighted by molar-refractivity contribution is 0.206. The smallest absolute Gasteiger partial charge is 0.128 e. The highest BCUT2D eigenvalue weighted by Crippen LogP contribution is 2.23. The molecule has 0 fully saturated rings. The summed E-state index contributed by atoms with van der Waals surface area (Å²) in [6, 6.07) is 0.253. The highest BCUT2D eigenvalue weighted by Gasteiger charge is 2.13. The Morgan fingerprint density at radius 2 is 2.06 bits per heavy atom. The number of pyridine rings is 1. The van der Waals surface area contributed by atoms with Gasteiger partial charge in [0.2, 0.25) is 0 Å². The minimum atomic E-state index is 0.192. The molecular weight excluding hydrogens is 228 g/mol. The number of ether oxygens (including phenoxy) is 1. The number of nitrogens with one attached hydrogen (secondary N) is 1. The van der Waals surface area contributed by atoms with Gasteiger partial charge >= 0.3 is 0 Å². The molecule has 0 saturated carbocycles. The van der Waals surface area contributed by atoms with Gasteiger partial charge in [-0.1, -0.05) is 6.92 Å². The Morgan fingerprint density at radius 1 is 1.39 bits per heavy atom. The molecule has 0 spiro atoms. The van der Waals surface area contributed by atoms with E-state index in [1.807, 2.05) is 27.0 Å². The zero-order valence-electron chi connectivity index (χ0n) is 11.9. The van der Waals surface area contributed by atoms with E-state index in [2.05, 4.69) is 17.2 Å². The first kappa shape index (κ1) is 14.9. The van der Waals surface area contributed by atoms with Crippen molar-refractivity contribution in [2.45, 2.75) is 40.3 Å². The lowest BCUT2D eigenvalue weighted by atomic mass is 10.0. The zero-order valence-corrected chi connectivity index (χ0v) is 11.9. The van der Waals surface area contributed by atoms with Crippen LogP contribution >= 0.6 is 0 Å². The van der Waals surface area contributed by atoms with Crippen molar-refractivity contribution in [1.29, 1.82) is 0 Å². The van der Waals surface area contributed by atoms with Crippen LogP contribution < -0.4 is 10.1 Å². The average Bonchev–Trinajstić information content (AvgIpc) is 2.37. The fourth-order valence-electron chi connectivity index (χ4n) is 1.87. The number of aliphatic hydroxyl groups excluding tert-OH is 1. The SMILES string of the molecule is COc1c(C)cnc(CNC(C)C(C)CO)c1C. The Labute approximate surface area is 109 Å². The Kier molecular flexibility index (Phi) is 5.56. The Balaban J connectivity index is 2.74. The van der Waals surface area contributed by atoms with E-state index in [-0.39, 0.29) is 18.6 Å². The summed E-state index contributed by atoms with van der Waals surface area (Å²) in [6.45, 7) is 8.99. The maximum Gasteiger partial charge on any atom is 0.128 e. The van der Waals surface area contributed by atoms with Crippen LogP contribution in [0.15, 0.2) is 6.20 Å². The number of aliphatic hydroxyl groups is 1. The van der Waals surface area contributed by atoms with Crippen molar-refractivity contribution in [3.05, 3.63) is 23.0 Å². The van der Waals surface area contributed by atoms with Gasteiger partial charge in [0.05, 0.1) is 12.8 Å². The predicted molar refractivity (Wildman–Crippen MR) is 72.8 cm³/mol. The first-order valence-corrected chi connectivity index (χ1v) is 6.34. The van der Waals surface area contributed by atoms with Gasteiger partial charge in [-0.2, -0.15) is 0 Å². The first-order valence-electron chi connectivity index (χ1n) is 6.34. The third-order valence-electron chi connectivity index (χ3n) is 3.48. The second kappa shape index (κ2) is 6.71. The number of aryl methyl sites for hydroxylation is 1. The lowest BCUT2D eigenvalue weighted by Gasteiger charge is -2.20. The standard InChI is InChI=1S/C14H24N2O2/c1-9-6-16-13(11(3)14(9)18-5)7-15-12(4)10(2)8-17/h6,10,12,15,17H,7-8H2,1-5H3. The monoisotopic (exact) mass is 252 g/mol. The molecule has 102 valence electrons. The Bertz CT molecular complexity index is 394. The number of hydrogen-bond donors (Lipinski definition) is 2. The van der Waals surface area contributed by atoms with E-state index < -0.39 is 0 Å². The quantitative estimate of drug-likeness (QED) is 0.811. The zero-order chi connectivity index (χ0) is 13.7. The largest absolute Gasteiger partial charge is 0.496 e. The second-order valence-corrected chi connectivity index (χ2v) is 4.88. The van der Waals surface area contributed by atoms with E-state index in [1.165, 1.54) is 0 Å². The fraction of sp³-hybridized carbons (Fsp3) is 0.643. The summed E-state index contributed by atoms with van der Waals surface area (Å²) in [6.07, 6.45) is 1.84.